The van der Waals surface area contributed by atoms with Gasteiger partial charge in [-0.3, -0.25) is 4.79 Å². The van der Waals surface area contributed by atoms with Crippen molar-refractivity contribution in [2.75, 3.05) is 11.9 Å². The molecular formula is C19H31NO. The van der Waals surface area contributed by atoms with Crippen LogP contribution in [-0.4, -0.2) is 13.0 Å². The van der Waals surface area contributed by atoms with Gasteiger partial charge in [-0.15, -0.1) is 0 Å². The Labute approximate surface area is 130 Å². The molecule has 1 aromatic carbocycles. The summed E-state index contributed by atoms with van der Waals surface area (Å²) in [6.07, 6.45) is 1.99. The molecule has 0 radical (unpaired) electrons. The third-order valence-electron chi connectivity index (χ3n) is 4.15. The quantitative estimate of drug-likeness (QED) is 0.693. The first-order valence-electron chi connectivity index (χ1n) is 8.21. The minimum atomic E-state index is 0.0835. The highest BCUT2D eigenvalue weighted by molar-refractivity contribution is 5.96. The number of benzene rings is 1. The molecule has 1 unspecified atom stereocenters. The molecule has 1 aromatic rings. The van der Waals surface area contributed by atoms with Gasteiger partial charge in [-0.2, -0.15) is 0 Å². The number of hydrogen-bond donors (Lipinski definition) is 0. The predicted octanol–water partition coefficient (Wildman–Crippen LogP) is 5.33. The van der Waals surface area contributed by atoms with Gasteiger partial charge in [-0.05, 0) is 29.4 Å². The van der Waals surface area contributed by atoms with Crippen LogP contribution in [0.1, 0.15) is 77.3 Å². The summed E-state index contributed by atoms with van der Waals surface area (Å²) in [5.41, 5.74) is 3.65. The Kier molecular flexibility index (Phi) is 6.44. The fraction of sp³-hybridized carbons (Fsp3) is 0.632. The number of para-hydroxylation sites is 1. The molecule has 0 aliphatic heterocycles. The first kappa shape index (κ1) is 17.7. The average Bonchev–Trinajstić information content (AvgIpc) is 2.44. The zero-order valence-corrected chi connectivity index (χ0v) is 14.7. The van der Waals surface area contributed by atoms with Crippen LogP contribution in [0.3, 0.4) is 0 Å². The van der Waals surface area contributed by atoms with Crippen molar-refractivity contribution >= 4 is 11.6 Å². The summed E-state index contributed by atoms with van der Waals surface area (Å²) in [5.74, 6) is 1.14. The molecule has 0 aliphatic carbocycles. The van der Waals surface area contributed by atoms with E-state index in [9.17, 15) is 4.79 Å². The van der Waals surface area contributed by atoms with Gasteiger partial charge < -0.3 is 4.90 Å². The summed E-state index contributed by atoms with van der Waals surface area (Å²) < 4.78 is 0. The van der Waals surface area contributed by atoms with Crippen molar-refractivity contribution in [3.8, 4) is 0 Å². The Hall–Kier alpha value is -1.31. The Bertz CT molecular complexity index is 450. The maximum Gasteiger partial charge on any atom is 0.229 e. The molecule has 2 heteroatoms. The van der Waals surface area contributed by atoms with Gasteiger partial charge in [-0.1, -0.05) is 66.2 Å². The van der Waals surface area contributed by atoms with E-state index in [4.69, 9.17) is 0 Å². The third-order valence-corrected chi connectivity index (χ3v) is 4.15. The van der Waals surface area contributed by atoms with E-state index in [-0.39, 0.29) is 11.8 Å². The smallest absolute Gasteiger partial charge is 0.229 e. The van der Waals surface area contributed by atoms with Crippen LogP contribution in [0.5, 0.6) is 0 Å². The van der Waals surface area contributed by atoms with Gasteiger partial charge in [-0.25, -0.2) is 0 Å². The van der Waals surface area contributed by atoms with Gasteiger partial charge in [0.1, 0.15) is 0 Å². The summed E-state index contributed by atoms with van der Waals surface area (Å²) in [7, 11) is 1.93. The maximum absolute atomic E-state index is 12.7. The number of hydrogen-bond acceptors (Lipinski definition) is 1. The summed E-state index contributed by atoms with van der Waals surface area (Å²) >= 11 is 0. The maximum atomic E-state index is 12.7. The lowest BCUT2D eigenvalue weighted by atomic mass is 9.91. The van der Waals surface area contributed by atoms with Crippen LogP contribution in [0.4, 0.5) is 5.69 Å². The van der Waals surface area contributed by atoms with Crippen LogP contribution >= 0.6 is 0 Å². The van der Waals surface area contributed by atoms with Gasteiger partial charge in [0.25, 0.3) is 0 Å². The molecule has 1 atom stereocenters. The van der Waals surface area contributed by atoms with Crippen LogP contribution in [0.2, 0.25) is 0 Å². The lowest BCUT2D eigenvalue weighted by molar-refractivity contribution is -0.121. The largest absolute Gasteiger partial charge is 0.315 e. The number of anilines is 1. The third kappa shape index (κ3) is 4.09. The van der Waals surface area contributed by atoms with Gasteiger partial charge >= 0.3 is 0 Å². The van der Waals surface area contributed by atoms with E-state index in [2.05, 4.69) is 52.8 Å². The lowest BCUT2D eigenvalue weighted by Gasteiger charge is -2.29. The highest BCUT2D eigenvalue weighted by Gasteiger charge is 2.24. The molecule has 2 nitrogen and oxygen atoms in total. The summed E-state index contributed by atoms with van der Waals surface area (Å²) in [6, 6.07) is 6.42. The highest BCUT2D eigenvalue weighted by atomic mass is 16.2. The summed E-state index contributed by atoms with van der Waals surface area (Å²) in [4.78, 5) is 14.6. The normalized spacial score (nSPS) is 12.8. The SMILES string of the molecule is CCCC(C)C(=O)N(C)c1c(C(C)C)cccc1C(C)C. The van der Waals surface area contributed by atoms with Gasteiger partial charge in [0.2, 0.25) is 5.91 Å². The van der Waals surface area contributed by atoms with Crippen LogP contribution in [0.25, 0.3) is 0 Å². The molecule has 118 valence electrons. The van der Waals surface area contributed by atoms with Crippen molar-refractivity contribution in [3.05, 3.63) is 29.3 Å². The Morgan fingerprint density at radius 1 is 1.05 bits per heavy atom. The molecule has 0 aromatic heterocycles. The summed E-state index contributed by atoms with van der Waals surface area (Å²) in [5, 5.41) is 0. The Morgan fingerprint density at radius 3 is 1.90 bits per heavy atom. The van der Waals surface area contributed by atoms with E-state index < -0.39 is 0 Å². The van der Waals surface area contributed by atoms with Crippen LogP contribution in [0.15, 0.2) is 18.2 Å². The highest BCUT2D eigenvalue weighted by Crippen LogP contribution is 2.35. The lowest BCUT2D eigenvalue weighted by Crippen LogP contribution is -2.33. The second kappa shape index (κ2) is 7.63. The number of carbonyl (C=O) groups excluding carboxylic acids is 1. The van der Waals surface area contributed by atoms with Gasteiger partial charge in [0.15, 0.2) is 0 Å². The molecule has 0 spiro atoms. The van der Waals surface area contributed by atoms with E-state index in [1.54, 1.807) is 0 Å². The van der Waals surface area contributed by atoms with Crippen LogP contribution in [0, 0.1) is 5.92 Å². The van der Waals surface area contributed by atoms with E-state index in [1.807, 2.05) is 18.9 Å². The van der Waals surface area contributed by atoms with E-state index in [1.165, 1.54) is 11.1 Å². The number of nitrogens with zero attached hydrogens (tertiary/aromatic N) is 1. The van der Waals surface area contributed by atoms with E-state index >= 15 is 0 Å². The minimum absolute atomic E-state index is 0.0835. The molecule has 0 bridgehead atoms. The van der Waals surface area contributed by atoms with Crippen LogP contribution < -0.4 is 4.90 Å². The van der Waals surface area contributed by atoms with Gasteiger partial charge in [0, 0.05) is 13.0 Å². The van der Waals surface area contributed by atoms with Crippen molar-refractivity contribution < 1.29 is 4.79 Å². The molecule has 21 heavy (non-hydrogen) atoms. The second-order valence-electron chi connectivity index (χ2n) is 6.68. The first-order chi connectivity index (χ1) is 9.81. The molecule has 0 saturated carbocycles. The monoisotopic (exact) mass is 289 g/mol. The molecule has 0 heterocycles. The average molecular weight is 289 g/mol. The fourth-order valence-electron chi connectivity index (χ4n) is 2.90. The number of amides is 1. The minimum Gasteiger partial charge on any atom is -0.315 e. The zero-order chi connectivity index (χ0) is 16.2. The first-order valence-corrected chi connectivity index (χ1v) is 8.21. The molecule has 1 amide bonds. The van der Waals surface area contributed by atoms with Gasteiger partial charge in [0.05, 0.1) is 5.69 Å². The Balaban J connectivity index is 3.29. The Morgan fingerprint density at radius 2 is 1.52 bits per heavy atom. The van der Waals surface area contributed by atoms with Crippen molar-refractivity contribution in [2.24, 2.45) is 5.92 Å². The van der Waals surface area contributed by atoms with Crippen molar-refractivity contribution in [1.82, 2.24) is 0 Å². The molecular weight excluding hydrogens is 258 g/mol. The number of carbonyl (C=O) groups is 1. The molecule has 1 rings (SSSR count). The molecule has 0 fully saturated rings. The predicted molar refractivity (Wildman–Crippen MR) is 92.1 cm³/mol. The topological polar surface area (TPSA) is 20.3 Å². The van der Waals surface area contributed by atoms with Crippen LogP contribution in [-0.2, 0) is 4.79 Å². The number of rotatable bonds is 6. The molecule has 0 N–H and O–H groups in total. The standard InChI is InChI=1S/C19H31NO/c1-8-10-15(6)19(21)20(7)18-16(13(2)3)11-9-12-17(18)14(4)5/h9,11-15H,8,10H2,1-7H3. The zero-order valence-electron chi connectivity index (χ0n) is 14.7. The molecule has 0 saturated heterocycles. The summed E-state index contributed by atoms with van der Waals surface area (Å²) in [6.45, 7) is 12.9. The fourth-order valence-corrected chi connectivity index (χ4v) is 2.90. The van der Waals surface area contributed by atoms with E-state index in [0.717, 1.165) is 18.5 Å². The molecule has 0 aliphatic rings. The second-order valence-corrected chi connectivity index (χ2v) is 6.68. The van der Waals surface area contributed by atoms with Crippen molar-refractivity contribution in [2.45, 2.75) is 66.2 Å². The van der Waals surface area contributed by atoms with Crippen molar-refractivity contribution in [1.29, 1.82) is 0 Å². The van der Waals surface area contributed by atoms with Crippen molar-refractivity contribution in [3.63, 3.8) is 0 Å². The van der Waals surface area contributed by atoms with E-state index in [0.29, 0.717) is 11.8 Å².